The minimum Gasteiger partial charge on any atom is -0.485 e. The quantitative estimate of drug-likeness (QED) is 0.812. The Morgan fingerprint density at radius 2 is 2.41 bits per heavy atom. The molecule has 2 rings (SSSR count). The molecule has 0 spiro atoms. The highest BCUT2D eigenvalue weighted by Gasteiger charge is 2.28. The number of methoxy groups -OCH3 is 1. The van der Waals surface area contributed by atoms with Crippen molar-refractivity contribution in [3.63, 3.8) is 0 Å². The Balaban J connectivity index is 2.37. The molecule has 0 saturated heterocycles. The summed E-state index contributed by atoms with van der Waals surface area (Å²) < 4.78 is 10.5. The molecule has 4 nitrogen and oxygen atoms in total. The van der Waals surface area contributed by atoms with Crippen LogP contribution < -0.4 is 9.64 Å². The molecule has 0 N–H and O–H groups in total. The predicted octanol–water partition coefficient (Wildman–Crippen LogP) is 2.10. The van der Waals surface area contributed by atoms with E-state index in [4.69, 9.17) is 21.1 Å². The van der Waals surface area contributed by atoms with Gasteiger partial charge in [-0.1, -0.05) is 17.7 Å². The maximum atomic E-state index is 11.9. The van der Waals surface area contributed by atoms with E-state index in [0.717, 1.165) is 0 Å². The van der Waals surface area contributed by atoms with Crippen LogP contribution in [0.3, 0.4) is 0 Å². The number of benzene rings is 1. The predicted molar refractivity (Wildman–Crippen MR) is 65.8 cm³/mol. The van der Waals surface area contributed by atoms with Gasteiger partial charge in [-0.05, 0) is 19.1 Å². The van der Waals surface area contributed by atoms with Crippen molar-refractivity contribution in [3.8, 4) is 5.75 Å². The van der Waals surface area contributed by atoms with Crippen molar-refractivity contribution >= 4 is 23.2 Å². The molecular weight excluding hydrogens is 242 g/mol. The second kappa shape index (κ2) is 4.94. The van der Waals surface area contributed by atoms with E-state index in [1.54, 1.807) is 17.0 Å². The van der Waals surface area contributed by atoms with E-state index < -0.39 is 0 Å². The fourth-order valence-corrected chi connectivity index (χ4v) is 2.07. The zero-order valence-electron chi connectivity index (χ0n) is 9.77. The van der Waals surface area contributed by atoms with Crippen molar-refractivity contribution < 1.29 is 14.3 Å². The molecule has 1 atom stereocenters. The summed E-state index contributed by atoms with van der Waals surface area (Å²) in [5.41, 5.74) is 0.706. The molecular formula is C12H14ClNO3. The standard InChI is InChI=1S/C12H14ClNO3/c1-8-6-14(11(15)7-16-2)10-5-3-4-9(13)12(10)17-8/h3-5,8H,6-7H2,1-2H3/t8-/m1/s1. The summed E-state index contributed by atoms with van der Waals surface area (Å²) in [6.07, 6.45) is -0.0804. The van der Waals surface area contributed by atoms with Gasteiger partial charge in [0.05, 0.1) is 17.3 Å². The van der Waals surface area contributed by atoms with Gasteiger partial charge < -0.3 is 14.4 Å². The second-order valence-corrected chi connectivity index (χ2v) is 4.36. The molecule has 0 bridgehead atoms. The van der Waals surface area contributed by atoms with Crippen molar-refractivity contribution in [1.29, 1.82) is 0 Å². The lowest BCUT2D eigenvalue weighted by Crippen LogP contribution is -2.43. The van der Waals surface area contributed by atoms with Gasteiger partial charge in [-0.15, -0.1) is 0 Å². The largest absolute Gasteiger partial charge is 0.485 e. The van der Waals surface area contributed by atoms with Crippen LogP contribution in [0.2, 0.25) is 5.02 Å². The number of nitrogens with zero attached hydrogens (tertiary/aromatic N) is 1. The molecule has 5 heteroatoms. The Bertz CT molecular complexity index is 436. The third kappa shape index (κ3) is 2.37. The number of amides is 1. The van der Waals surface area contributed by atoms with Crippen molar-refractivity contribution in [3.05, 3.63) is 23.2 Å². The summed E-state index contributed by atoms with van der Waals surface area (Å²) in [6, 6.07) is 5.37. The first kappa shape index (κ1) is 12.2. The SMILES string of the molecule is COCC(=O)N1C[C@@H](C)Oc2c(Cl)cccc21. The number of hydrogen-bond donors (Lipinski definition) is 0. The molecule has 0 unspecified atom stereocenters. The first-order chi connectivity index (χ1) is 8.13. The molecule has 1 aliphatic heterocycles. The lowest BCUT2D eigenvalue weighted by atomic mass is 10.2. The number of para-hydroxylation sites is 1. The molecule has 0 fully saturated rings. The monoisotopic (exact) mass is 255 g/mol. The van der Waals surface area contributed by atoms with Gasteiger partial charge in [0.1, 0.15) is 12.7 Å². The number of fused-ring (bicyclic) bond motifs is 1. The number of carbonyl (C=O) groups excluding carboxylic acids is 1. The summed E-state index contributed by atoms with van der Waals surface area (Å²) in [7, 11) is 1.50. The van der Waals surface area contributed by atoms with Gasteiger partial charge in [-0.25, -0.2) is 0 Å². The third-order valence-electron chi connectivity index (χ3n) is 2.56. The normalized spacial score (nSPS) is 18.5. The van der Waals surface area contributed by atoms with E-state index in [0.29, 0.717) is 23.0 Å². The summed E-state index contributed by atoms with van der Waals surface area (Å²) in [4.78, 5) is 13.6. The van der Waals surface area contributed by atoms with E-state index in [-0.39, 0.29) is 18.6 Å². The average Bonchev–Trinajstić information content (AvgIpc) is 2.30. The lowest BCUT2D eigenvalue weighted by Gasteiger charge is -2.33. The van der Waals surface area contributed by atoms with Gasteiger partial charge in [0.15, 0.2) is 5.75 Å². The molecule has 0 aromatic heterocycles. The van der Waals surface area contributed by atoms with Gasteiger partial charge in [-0.2, -0.15) is 0 Å². The number of rotatable bonds is 2. The first-order valence-electron chi connectivity index (χ1n) is 5.38. The zero-order valence-corrected chi connectivity index (χ0v) is 10.5. The van der Waals surface area contributed by atoms with Gasteiger partial charge in [0.25, 0.3) is 5.91 Å². The molecule has 1 aromatic rings. The molecule has 0 aliphatic carbocycles. The van der Waals surface area contributed by atoms with Crippen LogP contribution in [-0.2, 0) is 9.53 Å². The lowest BCUT2D eigenvalue weighted by molar-refractivity contribution is -0.122. The van der Waals surface area contributed by atoms with Crippen LogP contribution in [0, 0.1) is 0 Å². The molecule has 1 aromatic carbocycles. The average molecular weight is 256 g/mol. The van der Waals surface area contributed by atoms with Crippen LogP contribution in [0.4, 0.5) is 5.69 Å². The van der Waals surface area contributed by atoms with Gasteiger partial charge in [-0.3, -0.25) is 4.79 Å². The van der Waals surface area contributed by atoms with Crippen LogP contribution in [-0.4, -0.2) is 32.3 Å². The second-order valence-electron chi connectivity index (χ2n) is 3.95. The van der Waals surface area contributed by atoms with Crippen molar-refractivity contribution in [1.82, 2.24) is 0 Å². The highest BCUT2D eigenvalue weighted by Crippen LogP contribution is 2.39. The van der Waals surface area contributed by atoms with Crippen molar-refractivity contribution in [2.75, 3.05) is 25.2 Å². The van der Waals surface area contributed by atoms with Gasteiger partial charge >= 0.3 is 0 Å². The Labute approximate surface area is 105 Å². The van der Waals surface area contributed by atoms with Gasteiger partial charge in [0.2, 0.25) is 0 Å². The first-order valence-corrected chi connectivity index (χ1v) is 5.75. The molecule has 92 valence electrons. The molecule has 17 heavy (non-hydrogen) atoms. The molecule has 1 heterocycles. The Morgan fingerprint density at radius 3 is 3.12 bits per heavy atom. The van der Waals surface area contributed by atoms with E-state index >= 15 is 0 Å². The Morgan fingerprint density at radius 1 is 1.65 bits per heavy atom. The summed E-state index contributed by atoms with van der Waals surface area (Å²) in [6.45, 7) is 2.47. The summed E-state index contributed by atoms with van der Waals surface area (Å²) >= 11 is 6.06. The van der Waals surface area contributed by atoms with Crippen LogP contribution in [0.5, 0.6) is 5.75 Å². The Kier molecular flexibility index (Phi) is 3.54. The van der Waals surface area contributed by atoms with Crippen LogP contribution in [0.1, 0.15) is 6.92 Å². The number of carbonyl (C=O) groups is 1. The Hall–Kier alpha value is -1.26. The minimum absolute atomic E-state index is 0.0542. The third-order valence-corrected chi connectivity index (χ3v) is 2.86. The summed E-state index contributed by atoms with van der Waals surface area (Å²) in [5, 5.41) is 0.518. The van der Waals surface area contributed by atoms with E-state index in [1.807, 2.05) is 13.0 Å². The highest BCUT2D eigenvalue weighted by atomic mass is 35.5. The molecule has 0 radical (unpaired) electrons. The van der Waals surface area contributed by atoms with E-state index in [1.165, 1.54) is 7.11 Å². The number of anilines is 1. The van der Waals surface area contributed by atoms with Crippen LogP contribution in [0.25, 0.3) is 0 Å². The van der Waals surface area contributed by atoms with E-state index in [2.05, 4.69) is 0 Å². The van der Waals surface area contributed by atoms with Crippen LogP contribution in [0.15, 0.2) is 18.2 Å². The van der Waals surface area contributed by atoms with Crippen molar-refractivity contribution in [2.45, 2.75) is 13.0 Å². The highest BCUT2D eigenvalue weighted by molar-refractivity contribution is 6.32. The number of halogens is 1. The number of ether oxygens (including phenoxy) is 2. The molecule has 0 saturated carbocycles. The van der Waals surface area contributed by atoms with Crippen molar-refractivity contribution in [2.24, 2.45) is 0 Å². The summed E-state index contributed by atoms with van der Waals surface area (Å²) in [5.74, 6) is 0.475. The maximum Gasteiger partial charge on any atom is 0.253 e. The number of hydrogen-bond acceptors (Lipinski definition) is 3. The fraction of sp³-hybridized carbons (Fsp3) is 0.417. The fourth-order valence-electron chi connectivity index (χ4n) is 1.86. The topological polar surface area (TPSA) is 38.8 Å². The zero-order chi connectivity index (χ0) is 12.4. The van der Waals surface area contributed by atoms with Gasteiger partial charge in [0, 0.05) is 7.11 Å². The van der Waals surface area contributed by atoms with Crippen LogP contribution >= 0.6 is 11.6 Å². The maximum absolute atomic E-state index is 11.9. The molecule has 1 aliphatic rings. The smallest absolute Gasteiger partial charge is 0.253 e. The van der Waals surface area contributed by atoms with E-state index in [9.17, 15) is 4.79 Å². The minimum atomic E-state index is -0.0915. The molecule has 1 amide bonds.